The minimum Gasteiger partial charge on any atom is -0.493 e. The van der Waals surface area contributed by atoms with E-state index >= 15 is 0 Å². The zero-order chi connectivity index (χ0) is 12.1. The SMILES string of the molecule is CC(CBr)COc1ccc([N+](=O)[O-])c(Cl)c1. The molecular weight excluding hydrogens is 297 g/mol. The molecule has 16 heavy (non-hydrogen) atoms. The van der Waals surface area contributed by atoms with Crippen molar-refractivity contribution in [2.45, 2.75) is 6.92 Å². The summed E-state index contributed by atoms with van der Waals surface area (Å²) in [5.41, 5.74) is -0.109. The van der Waals surface area contributed by atoms with Crippen LogP contribution in [0.5, 0.6) is 5.75 Å². The van der Waals surface area contributed by atoms with E-state index in [4.69, 9.17) is 16.3 Å². The van der Waals surface area contributed by atoms with Gasteiger partial charge in [0.05, 0.1) is 11.5 Å². The van der Waals surface area contributed by atoms with Gasteiger partial charge >= 0.3 is 0 Å². The van der Waals surface area contributed by atoms with Gasteiger partial charge in [-0.3, -0.25) is 10.1 Å². The maximum atomic E-state index is 10.5. The van der Waals surface area contributed by atoms with Gasteiger partial charge in [0, 0.05) is 17.5 Å². The Bertz CT molecular complexity index is 386. The highest BCUT2D eigenvalue weighted by Crippen LogP contribution is 2.28. The van der Waals surface area contributed by atoms with Crippen LogP contribution in [0.3, 0.4) is 0 Å². The van der Waals surface area contributed by atoms with E-state index in [2.05, 4.69) is 15.9 Å². The lowest BCUT2D eigenvalue weighted by Gasteiger charge is -2.10. The quantitative estimate of drug-likeness (QED) is 0.474. The Balaban J connectivity index is 2.70. The standard InChI is InChI=1S/C10H11BrClNO3/c1-7(5-11)6-16-8-2-3-10(13(14)15)9(12)4-8/h2-4,7H,5-6H2,1H3. The Morgan fingerprint density at radius 2 is 2.31 bits per heavy atom. The van der Waals surface area contributed by atoms with Crippen LogP contribution >= 0.6 is 27.5 Å². The molecular formula is C10H11BrClNO3. The number of nitrogens with zero attached hydrogens (tertiary/aromatic N) is 1. The number of hydrogen-bond donors (Lipinski definition) is 0. The molecule has 0 fully saturated rings. The first-order valence-corrected chi connectivity index (χ1v) is 6.17. The lowest BCUT2D eigenvalue weighted by atomic mass is 10.2. The third-order valence-corrected chi connectivity index (χ3v) is 3.32. The van der Waals surface area contributed by atoms with Gasteiger partial charge in [-0.2, -0.15) is 0 Å². The summed E-state index contributed by atoms with van der Waals surface area (Å²) in [5, 5.41) is 11.5. The number of rotatable bonds is 5. The van der Waals surface area contributed by atoms with Gasteiger partial charge < -0.3 is 4.74 Å². The monoisotopic (exact) mass is 307 g/mol. The molecule has 0 spiro atoms. The number of benzene rings is 1. The fraction of sp³-hybridized carbons (Fsp3) is 0.400. The largest absolute Gasteiger partial charge is 0.493 e. The van der Waals surface area contributed by atoms with Gasteiger partial charge in [0.2, 0.25) is 0 Å². The first kappa shape index (κ1) is 13.3. The summed E-state index contributed by atoms with van der Waals surface area (Å²) in [6.07, 6.45) is 0. The highest BCUT2D eigenvalue weighted by Gasteiger charge is 2.12. The van der Waals surface area contributed by atoms with Crippen molar-refractivity contribution in [1.82, 2.24) is 0 Å². The van der Waals surface area contributed by atoms with Crippen molar-refractivity contribution in [2.24, 2.45) is 5.92 Å². The molecule has 1 aromatic carbocycles. The second-order valence-corrected chi connectivity index (χ2v) is 4.50. The summed E-state index contributed by atoms with van der Waals surface area (Å²) in [4.78, 5) is 10.00. The summed E-state index contributed by atoms with van der Waals surface area (Å²) in [7, 11) is 0. The molecule has 0 amide bonds. The molecule has 1 rings (SSSR count). The second kappa shape index (κ2) is 6.06. The van der Waals surface area contributed by atoms with Crippen molar-refractivity contribution >= 4 is 33.2 Å². The normalized spacial score (nSPS) is 12.2. The highest BCUT2D eigenvalue weighted by molar-refractivity contribution is 9.09. The number of nitro benzene ring substituents is 1. The van der Waals surface area contributed by atoms with Gasteiger partial charge in [0.25, 0.3) is 5.69 Å². The zero-order valence-electron chi connectivity index (χ0n) is 8.65. The minimum atomic E-state index is -0.521. The summed E-state index contributed by atoms with van der Waals surface area (Å²) < 4.78 is 5.44. The van der Waals surface area contributed by atoms with Crippen LogP contribution < -0.4 is 4.74 Å². The molecule has 0 aliphatic carbocycles. The molecule has 0 heterocycles. The van der Waals surface area contributed by atoms with E-state index < -0.39 is 4.92 Å². The van der Waals surface area contributed by atoms with Gasteiger partial charge in [0.1, 0.15) is 10.8 Å². The molecule has 1 unspecified atom stereocenters. The van der Waals surface area contributed by atoms with E-state index in [-0.39, 0.29) is 10.7 Å². The smallest absolute Gasteiger partial charge is 0.288 e. The number of hydrogen-bond acceptors (Lipinski definition) is 3. The van der Waals surface area contributed by atoms with Crippen LogP contribution in [0.1, 0.15) is 6.92 Å². The molecule has 6 heteroatoms. The summed E-state index contributed by atoms with van der Waals surface area (Å²) >= 11 is 9.08. The summed E-state index contributed by atoms with van der Waals surface area (Å²) in [6, 6.07) is 4.35. The zero-order valence-corrected chi connectivity index (χ0v) is 11.0. The Kier molecular flexibility index (Phi) is 5.02. The minimum absolute atomic E-state index is 0.0917. The van der Waals surface area contributed by atoms with Crippen LogP contribution in [0.2, 0.25) is 5.02 Å². The van der Waals surface area contributed by atoms with Crippen LogP contribution in [-0.4, -0.2) is 16.9 Å². The van der Waals surface area contributed by atoms with Crippen molar-refractivity contribution in [2.75, 3.05) is 11.9 Å². The van der Waals surface area contributed by atoms with E-state index in [0.29, 0.717) is 18.3 Å². The molecule has 1 aromatic rings. The van der Waals surface area contributed by atoms with Crippen LogP contribution in [0.25, 0.3) is 0 Å². The van der Waals surface area contributed by atoms with E-state index in [9.17, 15) is 10.1 Å². The number of ether oxygens (including phenoxy) is 1. The third-order valence-electron chi connectivity index (χ3n) is 1.91. The van der Waals surface area contributed by atoms with Crippen LogP contribution in [0, 0.1) is 16.0 Å². The Labute approximate surface area is 107 Å². The topological polar surface area (TPSA) is 52.4 Å². The fourth-order valence-corrected chi connectivity index (χ4v) is 1.43. The predicted octanol–water partition coefficient (Wildman–Crippen LogP) is 3.66. The van der Waals surface area contributed by atoms with Gasteiger partial charge in [0.15, 0.2) is 0 Å². The van der Waals surface area contributed by atoms with Crippen LogP contribution in [0.4, 0.5) is 5.69 Å². The van der Waals surface area contributed by atoms with Gasteiger partial charge in [-0.15, -0.1) is 0 Å². The molecule has 0 N–H and O–H groups in total. The Morgan fingerprint density at radius 1 is 1.62 bits per heavy atom. The van der Waals surface area contributed by atoms with E-state index in [1.54, 1.807) is 6.07 Å². The van der Waals surface area contributed by atoms with E-state index in [0.717, 1.165) is 5.33 Å². The van der Waals surface area contributed by atoms with Crippen LogP contribution in [0.15, 0.2) is 18.2 Å². The molecule has 88 valence electrons. The first-order chi connectivity index (χ1) is 7.54. The molecule has 0 aromatic heterocycles. The highest BCUT2D eigenvalue weighted by atomic mass is 79.9. The maximum absolute atomic E-state index is 10.5. The van der Waals surface area contributed by atoms with Gasteiger partial charge in [-0.1, -0.05) is 34.5 Å². The van der Waals surface area contributed by atoms with Gasteiger partial charge in [-0.25, -0.2) is 0 Å². The molecule has 1 atom stereocenters. The molecule has 4 nitrogen and oxygen atoms in total. The first-order valence-electron chi connectivity index (χ1n) is 4.67. The molecule has 0 aliphatic heterocycles. The average Bonchev–Trinajstić information content (AvgIpc) is 2.25. The van der Waals surface area contributed by atoms with Crippen LogP contribution in [-0.2, 0) is 0 Å². The molecule has 0 aliphatic rings. The lowest BCUT2D eigenvalue weighted by molar-refractivity contribution is -0.384. The second-order valence-electron chi connectivity index (χ2n) is 3.44. The summed E-state index contributed by atoms with van der Waals surface area (Å²) in [6.45, 7) is 2.57. The lowest BCUT2D eigenvalue weighted by Crippen LogP contribution is -2.09. The van der Waals surface area contributed by atoms with Gasteiger partial charge in [-0.05, 0) is 12.0 Å². The summed E-state index contributed by atoms with van der Waals surface area (Å²) in [5.74, 6) is 0.914. The average molecular weight is 309 g/mol. The number of alkyl halides is 1. The van der Waals surface area contributed by atoms with Crippen molar-refractivity contribution < 1.29 is 9.66 Å². The van der Waals surface area contributed by atoms with E-state index in [1.807, 2.05) is 6.92 Å². The number of nitro groups is 1. The molecule has 0 saturated heterocycles. The molecule has 0 radical (unpaired) electrons. The Hall–Kier alpha value is -0.810. The third kappa shape index (κ3) is 3.64. The van der Waals surface area contributed by atoms with Crippen molar-refractivity contribution in [3.8, 4) is 5.75 Å². The van der Waals surface area contributed by atoms with Crippen molar-refractivity contribution in [1.29, 1.82) is 0 Å². The molecule has 0 saturated carbocycles. The Morgan fingerprint density at radius 3 is 2.81 bits per heavy atom. The molecule has 0 bridgehead atoms. The predicted molar refractivity (Wildman–Crippen MR) is 66.6 cm³/mol. The van der Waals surface area contributed by atoms with Crippen molar-refractivity contribution in [3.05, 3.63) is 33.3 Å². The maximum Gasteiger partial charge on any atom is 0.288 e. The number of halogens is 2. The van der Waals surface area contributed by atoms with E-state index in [1.165, 1.54) is 12.1 Å². The fourth-order valence-electron chi connectivity index (χ4n) is 1.01. The van der Waals surface area contributed by atoms with Crippen molar-refractivity contribution in [3.63, 3.8) is 0 Å².